The van der Waals surface area contributed by atoms with Crippen molar-refractivity contribution >= 4 is 55.7 Å². The maximum atomic E-state index is 11.0. The van der Waals surface area contributed by atoms with Crippen LogP contribution in [0, 0.1) is 5.92 Å². The van der Waals surface area contributed by atoms with Gasteiger partial charge in [0.1, 0.15) is 9.84 Å². The molecule has 0 spiro atoms. The average Bonchev–Trinajstić information content (AvgIpc) is 2.58. The largest absolute Gasteiger partial charge is 0.379 e. The van der Waals surface area contributed by atoms with Crippen molar-refractivity contribution in [2.75, 3.05) is 45.4 Å². The van der Waals surface area contributed by atoms with E-state index >= 15 is 0 Å². The quantitative estimate of drug-likeness (QED) is 0.184. The number of benzene rings is 1. The van der Waals surface area contributed by atoms with E-state index in [0.717, 1.165) is 29.8 Å². The lowest BCUT2D eigenvalue weighted by molar-refractivity contribution is 0.154. The molecule has 0 aliphatic carbocycles. The number of sulfone groups is 1. The minimum absolute atomic E-state index is 0. The molecule has 2 N–H and O–H groups in total. The zero-order chi connectivity index (χ0) is 19.4. The summed E-state index contributed by atoms with van der Waals surface area (Å²) in [4.78, 5) is 4.21. The number of guanidine groups is 1. The van der Waals surface area contributed by atoms with Crippen LogP contribution in [-0.4, -0.2) is 59.7 Å². The normalized spacial score (nSPS) is 13.0. The molecule has 0 aliphatic rings. The summed E-state index contributed by atoms with van der Waals surface area (Å²) in [5.74, 6) is 1.28. The number of aliphatic imine (C=N–C) groups is 1. The number of ether oxygens (including phenoxy) is 1. The van der Waals surface area contributed by atoms with Crippen molar-refractivity contribution in [3.05, 3.63) is 34.3 Å². The van der Waals surface area contributed by atoms with Gasteiger partial charge in [-0.3, -0.25) is 4.99 Å². The Morgan fingerprint density at radius 1 is 1.30 bits per heavy atom. The summed E-state index contributed by atoms with van der Waals surface area (Å²) in [5, 5.41) is 6.52. The molecular formula is C18H31BrIN3O3S. The summed E-state index contributed by atoms with van der Waals surface area (Å²) in [6.45, 7) is 4.25. The summed E-state index contributed by atoms with van der Waals surface area (Å²) in [7, 11) is -1.24. The maximum Gasteiger partial charge on any atom is 0.191 e. The minimum atomic E-state index is -2.97. The Bertz CT molecular complexity index is 672. The molecule has 0 saturated carbocycles. The molecule has 0 fully saturated rings. The molecule has 0 aromatic heterocycles. The van der Waals surface area contributed by atoms with E-state index in [-0.39, 0.29) is 36.3 Å². The Kier molecular flexibility index (Phi) is 14.4. The van der Waals surface area contributed by atoms with Crippen molar-refractivity contribution in [3.8, 4) is 0 Å². The SMILES string of the molecule is CCC(CNC(=NC)NCCOCCS(C)(=O)=O)Cc1cccc(Br)c1.I. The first kappa shape index (κ1) is 26.6. The van der Waals surface area contributed by atoms with Crippen LogP contribution in [0.25, 0.3) is 0 Å². The molecule has 0 amide bonds. The van der Waals surface area contributed by atoms with E-state index in [1.54, 1.807) is 7.05 Å². The highest BCUT2D eigenvalue weighted by Crippen LogP contribution is 2.16. The molecule has 156 valence electrons. The van der Waals surface area contributed by atoms with Gasteiger partial charge in [0.05, 0.1) is 19.0 Å². The average molecular weight is 576 g/mol. The van der Waals surface area contributed by atoms with Crippen molar-refractivity contribution in [1.29, 1.82) is 0 Å². The minimum Gasteiger partial charge on any atom is -0.379 e. The van der Waals surface area contributed by atoms with Gasteiger partial charge >= 0.3 is 0 Å². The summed E-state index contributed by atoms with van der Waals surface area (Å²) in [6, 6.07) is 8.40. The summed E-state index contributed by atoms with van der Waals surface area (Å²) in [5.41, 5.74) is 1.32. The van der Waals surface area contributed by atoms with Crippen LogP contribution < -0.4 is 10.6 Å². The van der Waals surface area contributed by atoms with Crippen molar-refractivity contribution in [3.63, 3.8) is 0 Å². The fourth-order valence-electron chi connectivity index (χ4n) is 2.37. The highest BCUT2D eigenvalue weighted by molar-refractivity contribution is 14.0. The van der Waals surface area contributed by atoms with Crippen LogP contribution in [0.5, 0.6) is 0 Å². The predicted octanol–water partition coefficient (Wildman–Crippen LogP) is 2.86. The Morgan fingerprint density at radius 2 is 2.04 bits per heavy atom. The van der Waals surface area contributed by atoms with Gasteiger partial charge < -0.3 is 15.4 Å². The zero-order valence-electron chi connectivity index (χ0n) is 16.2. The second-order valence-electron chi connectivity index (χ2n) is 6.23. The molecule has 1 atom stereocenters. The van der Waals surface area contributed by atoms with Crippen molar-refractivity contribution in [1.82, 2.24) is 10.6 Å². The number of hydrogen-bond donors (Lipinski definition) is 2. The fourth-order valence-corrected chi connectivity index (χ4v) is 3.24. The second-order valence-corrected chi connectivity index (χ2v) is 9.41. The Labute approximate surface area is 189 Å². The van der Waals surface area contributed by atoms with E-state index in [9.17, 15) is 8.42 Å². The third-order valence-corrected chi connectivity index (χ3v) is 5.31. The first-order chi connectivity index (χ1) is 12.3. The van der Waals surface area contributed by atoms with Gasteiger partial charge in [-0.2, -0.15) is 0 Å². The second kappa shape index (κ2) is 14.6. The Balaban J connectivity index is 0.00000676. The lowest BCUT2D eigenvalue weighted by atomic mass is 9.97. The molecule has 6 nitrogen and oxygen atoms in total. The lowest BCUT2D eigenvalue weighted by Gasteiger charge is -2.18. The lowest BCUT2D eigenvalue weighted by Crippen LogP contribution is -2.41. The standard InChI is InChI=1S/C18H30BrN3O3S.HI/c1-4-15(12-16-6-5-7-17(19)13-16)14-22-18(20-2)21-8-9-25-10-11-26(3,23)24;/h5-7,13,15H,4,8-12,14H2,1-3H3,(H2,20,21,22);1H. The van der Waals surface area contributed by atoms with Crippen molar-refractivity contribution < 1.29 is 13.2 Å². The highest BCUT2D eigenvalue weighted by Gasteiger charge is 2.09. The Morgan fingerprint density at radius 3 is 2.63 bits per heavy atom. The van der Waals surface area contributed by atoms with Gasteiger partial charge in [0.2, 0.25) is 0 Å². The van der Waals surface area contributed by atoms with Gasteiger partial charge in [-0.1, -0.05) is 41.4 Å². The number of nitrogens with one attached hydrogen (secondary N) is 2. The zero-order valence-corrected chi connectivity index (χ0v) is 20.9. The third-order valence-electron chi connectivity index (χ3n) is 3.91. The van der Waals surface area contributed by atoms with Crippen LogP contribution in [0.4, 0.5) is 0 Å². The van der Waals surface area contributed by atoms with Crippen LogP contribution in [0.1, 0.15) is 18.9 Å². The highest BCUT2D eigenvalue weighted by atomic mass is 127. The molecule has 0 saturated heterocycles. The Hall–Kier alpha value is -0.390. The van der Waals surface area contributed by atoms with E-state index in [1.165, 1.54) is 11.8 Å². The van der Waals surface area contributed by atoms with Crippen molar-refractivity contribution in [2.24, 2.45) is 10.9 Å². The molecule has 1 aromatic carbocycles. The van der Waals surface area contributed by atoms with Gasteiger partial charge in [0.15, 0.2) is 5.96 Å². The maximum absolute atomic E-state index is 11.0. The first-order valence-corrected chi connectivity index (χ1v) is 11.6. The molecule has 0 bridgehead atoms. The topological polar surface area (TPSA) is 79.8 Å². The van der Waals surface area contributed by atoms with Gasteiger partial charge in [-0.15, -0.1) is 24.0 Å². The molecule has 27 heavy (non-hydrogen) atoms. The molecule has 9 heteroatoms. The first-order valence-electron chi connectivity index (χ1n) is 8.78. The van der Waals surface area contributed by atoms with E-state index in [2.05, 4.69) is 56.7 Å². The summed E-state index contributed by atoms with van der Waals surface area (Å²) >= 11 is 3.51. The molecule has 0 heterocycles. The monoisotopic (exact) mass is 575 g/mol. The van der Waals surface area contributed by atoms with Gasteiger partial charge in [-0.25, -0.2) is 8.42 Å². The van der Waals surface area contributed by atoms with Crippen LogP contribution in [0.15, 0.2) is 33.7 Å². The number of rotatable bonds is 11. The molecule has 0 radical (unpaired) electrons. The van der Waals surface area contributed by atoms with Gasteiger partial charge in [0, 0.05) is 30.9 Å². The smallest absolute Gasteiger partial charge is 0.191 e. The fraction of sp³-hybridized carbons (Fsp3) is 0.611. The van der Waals surface area contributed by atoms with Crippen LogP contribution in [0.2, 0.25) is 0 Å². The third kappa shape index (κ3) is 13.4. The molecule has 0 aliphatic heterocycles. The van der Waals surface area contributed by atoms with Gasteiger partial charge in [-0.05, 0) is 30.0 Å². The molecule has 1 rings (SSSR count). The van der Waals surface area contributed by atoms with Gasteiger partial charge in [0.25, 0.3) is 0 Å². The molecule has 1 aromatic rings. The van der Waals surface area contributed by atoms with Crippen LogP contribution in [-0.2, 0) is 21.0 Å². The van der Waals surface area contributed by atoms with Crippen molar-refractivity contribution in [2.45, 2.75) is 19.8 Å². The summed E-state index contributed by atoms with van der Waals surface area (Å²) in [6.07, 6.45) is 3.29. The number of hydrogen-bond acceptors (Lipinski definition) is 4. The predicted molar refractivity (Wildman–Crippen MR) is 127 cm³/mol. The van der Waals surface area contributed by atoms with Crippen LogP contribution >= 0.6 is 39.9 Å². The number of nitrogens with zero attached hydrogens (tertiary/aromatic N) is 1. The van der Waals surface area contributed by atoms with E-state index in [1.807, 2.05) is 6.07 Å². The summed E-state index contributed by atoms with van der Waals surface area (Å²) < 4.78 is 28.5. The molecular weight excluding hydrogens is 545 g/mol. The molecule has 1 unspecified atom stereocenters. The van der Waals surface area contributed by atoms with E-state index in [0.29, 0.717) is 19.1 Å². The number of halogens is 2. The van der Waals surface area contributed by atoms with E-state index in [4.69, 9.17) is 4.74 Å². The van der Waals surface area contributed by atoms with E-state index < -0.39 is 9.84 Å². The van der Waals surface area contributed by atoms with Crippen LogP contribution in [0.3, 0.4) is 0 Å².